The Hall–Kier alpha value is -1.12. The van der Waals surface area contributed by atoms with Gasteiger partial charge in [-0.2, -0.15) is 11.3 Å². The quantitative estimate of drug-likeness (QED) is 0.866. The van der Waals surface area contributed by atoms with Gasteiger partial charge in [-0.15, -0.1) is 0 Å². The summed E-state index contributed by atoms with van der Waals surface area (Å²) >= 11 is 1.79. The van der Waals surface area contributed by atoms with Crippen molar-refractivity contribution in [1.29, 1.82) is 0 Å². The van der Waals surface area contributed by atoms with Crippen molar-refractivity contribution in [3.63, 3.8) is 0 Å². The van der Waals surface area contributed by atoms with E-state index in [2.05, 4.69) is 60.3 Å². The van der Waals surface area contributed by atoms with Gasteiger partial charge in [-0.05, 0) is 64.7 Å². The van der Waals surface area contributed by atoms with E-state index in [1.165, 1.54) is 29.5 Å². The first-order valence-corrected chi connectivity index (χ1v) is 8.43. The first kappa shape index (κ1) is 13.8. The molecule has 0 saturated heterocycles. The summed E-state index contributed by atoms with van der Waals surface area (Å²) in [5, 5.41) is 8.22. The fraction of sp³-hybridized carbons (Fsp3) is 0.444. The van der Waals surface area contributed by atoms with Crippen molar-refractivity contribution in [2.45, 2.75) is 39.2 Å². The minimum atomic E-state index is 0.336. The zero-order chi connectivity index (χ0) is 14.0. The molecule has 2 aromatic rings. The lowest BCUT2D eigenvalue weighted by Crippen LogP contribution is -2.39. The lowest BCUT2D eigenvalue weighted by molar-refractivity contribution is 0.210. The number of hydrogen-bond donors (Lipinski definition) is 1. The molecule has 0 aliphatic heterocycles. The van der Waals surface area contributed by atoms with E-state index in [-0.39, 0.29) is 0 Å². The Labute approximate surface area is 126 Å². The van der Waals surface area contributed by atoms with Crippen molar-refractivity contribution in [2.75, 3.05) is 6.54 Å². The highest BCUT2D eigenvalue weighted by molar-refractivity contribution is 7.07. The van der Waals surface area contributed by atoms with Crippen LogP contribution in [0.5, 0.6) is 0 Å². The van der Waals surface area contributed by atoms with Gasteiger partial charge in [0.05, 0.1) is 0 Å². The van der Waals surface area contributed by atoms with Gasteiger partial charge in [0.15, 0.2) is 0 Å². The summed E-state index contributed by atoms with van der Waals surface area (Å²) in [5.74, 6) is 0. The Morgan fingerprint density at radius 2 is 2.10 bits per heavy atom. The largest absolute Gasteiger partial charge is 0.309 e. The summed E-state index contributed by atoms with van der Waals surface area (Å²) in [4.78, 5) is 0. The molecule has 1 atom stereocenters. The maximum Gasteiger partial charge on any atom is 0.0374 e. The maximum absolute atomic E-state index is 3.81. The third-order valence-corrected chi connectivity index (χ3v) is 5.26. The van der Waals surface area contributed by atoms with Crippen LogP contribution < -0.4 is 5.32 Å². The van der Waals surface area contributed by atoms with Crippen molar-refractivity contribution in [3.05, 3.63) is 57.8 Å². The molecule has 1 aliphatic rings. The number of aryl methyl sites for hydroxylation is 1. The van der Waals surface area contributed by atoms with Crippen LogP contribution in [0.1, 0.15) is 43.0 Å². The summed E-state index contributed by atoms with van der Waals surface area (Å²) in [6, 6.07) is 11.6. The molecular formula is C18H23NS. The van der Waals surface area contributed by atoms with E-state index in [1.54, 1.807) is 11.3 Å². The van der Waals surface area contributed by atoms with Crippen molar-refractivity contribution in [2.24, 2.45) is 5.41 Å². The van der Waals surface area contributed by atoms with E-state index in [4.69, 9.17) is 0 Å². The zero-order valence-corrected chi connectivity index (χ0v) is 13.2. The van der Waals surface area contributed by atoms with Crippen molar-refractivity contribution >= 4 is 11.3 Å². The molecule has 0 amide bonds. The highest BCUT2D eigenvalue weighted by atomic mass is 32.1. The van der Waals surface area contributed by atoms with Crippen LogP contribution >= 0.6 is 11.3 Å². The van der Waals surface area contributed by atoms with Crippen molar-refractivity contribution < 1.29 is 0 Å². The Kier molecular flexibility index (Phi) is 3.95. The number of nitrogens with one attached hydrogen (secondary N) is 1. The van der Waals surface area contributed by atoms with Gasteiger partial charge < -0.3 is 5.32 Å². The number of benzene rings is 1. The summed E-state index contributed by atoms with van der Waals surface area (Å²) in [6.45, 7) is 5.84. The fourth-order valence-corrected chi connectivity index (χ4v) is 3.95. The summed E-state index contributed by atoms with van der Waals surface area (Å²) in [5.41, 5.74) is 4.82. The number of fused-ring (bicyclic) bond motifs is 1. The average molecular weight is 285 g/mol. The van der Waals surface area contributed by atoms with Crippen molar-refractivity contribution in [3.8, 4) is 0 Å². The van der Waals surface area contributed by atoms with Crippen LogP contribution in [0.25, 0.3) is 0 Å². The highest BCUT2D eigenvalue weighted by Crippen LogP contribution is 2.43. The fourth-order valence-electron chi connectivity index (χ4n) is 3.25. The van der Waals surface area contributed by atoms with Crippen LogP contribution in [0.15, 0.2) is 41.1 Å². The Balaban J connectivity index is 1.72. The first-order valence-electron chi connectivity index (χ1n) is 7.49. The summed E-state index contributed by atoms with van der Waals surface area (Å²) in [7, 11) is 0. The first-order chi connectivity index (χ1) is 9.67. The maximum atomic E-state index is 3.81. The molecule has 1 N–H and O–H groups in total. The van der Waals surface area contributed by atoms with Crippen molar-refractivity contribution in [1.82, 2.24) is 5.32 Å². The smallest absolute Gasteiger partial charge is 0.0374 e. The van der Waals surface area contributed by atoms with Crippen LogP contribution in [0, 0.1) is 5.41 Å². The topological polar surface area (TPSA) is 12.0 Å². The molecule has 1 heterocycles. The molecule has 1 aliphatic carbocycles. The second-order valence-corrected chi connectivity index (χ2v) is 7.24. The standard InChI is InChI=1S/C18H23NS/c1-18(2)10-7-15-5-3-4-6-16(15)17(18)19-11-8-14-9-12-20-13-14/h3-6,9,12-13,17,19H,7-8,10-11H2,1-2H3. The molecule has 0 radical (unpaired) electrons. The predicted octanol–water partition coefficient (Wildman–Crippen LogP) is 4.59. The van der Waals surface area contributed by atoms with E-state index in [1.807, 2.05) is 0 Å². The van der Waals surface area contributed by atoms with Gasteiger partial charge in [0, 0.05) is 6.04 Å². The second-order valence-electron chi connectivity index (χ2n) is 6.46. The number of thiophene rings is 1. The Morgan fingerprint density at radius 3 is 2.90 bits per heavy atom. The van der Waals surface area contributed by atoms with Crippen LogP contribution in [-0.4, -0.2) is 6.54 Å². The molecule has 20 heavy (non-hydrogen) atoms. The van der Waals surface area contributed by atoms with Gasteiger partial charge in [0.25, 0.3) is 0 Å². The predicted molar refractivity (Wildman–Crippen MR) is 87.3 cm³/mol. The average Bonchev–Trinajstić information content (AvgIpc) is 2.94. The minimum absolute atomic E-state index is 0.336. The third-order valence-electron chi connectivity index (χ3n) is 4.53. The summed E-state index contributed by atoms with van der Waals surface area (Å²) in [6.07, 6.45) is 3.60. The number of hydrogen-bond acceptors (Lipinski definition) is 2. The number of rotatable bonds is 4. The third kappa shape index (κ3) is 2.82. The molecule has 3 rings (SSSR count). The van der Waals surface area contributed by atoms with Gasteiger partial charge in [0.2, 0.25) is 0 Å². The van der Waals surface area contributed by atoms with E-state index in [9.17, 15) is 0 Å². The second kappa shape index (κ2) is 5.71. The molecule has 2 heteroatoms. The van der Waals surface area contributed by atoms with Crippen LogP contribution in [-0.2, 0) is 12.8 Å². The molecular weight excluding hydrogens is 262 g/mol. The monoisotopic (exact) mass is 285 g/mol. The van der Waals surface area contributed by atoms with Gasteiger partial charge >= 0.3 is 0 Å². The molecule has 106 valence electrons. The van der Waals surface area contributed by atoms with E-state index >= 15 is 0 Å². The molecule has 0 saturated carbocycles. The molecule has 1 nitrogen and oxygen atoms in total. The van der Waals surface area contributed by atoms with Crippen LogP contribution in [0.4, 0.5) is 0 Å². The van der Waals surface area contributed by atoms with E-state index in [0.29, 0.717) is 11.5 Å². The zero-order valence-electron chi connectivity index (χ0n) is 12.4. The molecule has 1 aromatic heterocycles. The van der Waals surface area contributed by atoms with Gasteiger partial charge in [-0.3, -0.25) is 0 Å². The molecule has 1 aromatic carbocycles. The SMILES string of the molecule is CC1(C)CCc2ccccc2C1NCCc1ccsc1. The van der Waals surface area contributed by atoms with E-state index < -0.39 is 0 Å². The molecule has 0 bridgehead atoms. The molecule has 0 spiro atoms. The van der Waals surface area contributed by atoms with E-state index in [0.717, 1.165) is 13.0 Å². The molecule has 1 unspecified atom stereocenters. The van der Waals surface area contributed by atoms with Crippen LogP contribution in [0.3, 0.4) is 0 Å². The van der Waals surface area contributed by atoms with Gasteiger partial charge in [0.1, 0.15) is 0 Å². The Morgan fingerprint density at radius 1 is 1.25 bits per heavy atom. The normalized spacial score (nSPS) is 20.6. The summed E-state index contributed by atoms with van der Waals surface area (Å²) < 4.78 is 0. The highest BCUT2D eigenvalue weighted by Gasteiger charge is 2.35. The Bertz CT molecular complexity index is 557. The molecule has 0 fully saturated rings. The lowest BCUT2D eigenvalue weighted by atomic mass is 9.70. The van der Waals surface area contributed by atoms with Gasteiger partial charge in [-0.1, -0.05) is 38.1 Å². The van der Waals surface area contributed by atoms with Gasteiger partial charge in [-0.25, -0.2) is 0 Å². The minimum Gasteiger partial charge on any atom is -0.309 e. The lowest BCUT2D eigenvalue weighted by Gasteiger charge is -2.40. The van der Waals surface area contributed by atoms with Crippen LogP contribution in [0.2, 0.25) is 0 Å².